The highest BCUT2D eigenvalue weighted by Crippen LogP contribution is 2.12. The van der Waals surface area contributed by atoms with E-state index in [-0.39, 0.29) is 0 Å². The normalized spacial score (nSPS) is 10.7. The number of rotatable bonds is 0. The summed E-state index contributed by atoms with van der Waals surface area (Å²) in [7, 11) is 0. The van der Waals surface area contributed by atoms with Gasteiger partial charge in [0.05, 0.1) is 22.3 Å². The average molecular weight is 278 g/mol. The molecule has 2 aromatic rings. The highest BCUT2D eigenvalue weighted by atomic mass is 79.9. The number of halogens is 2. The maximum Gasteiger partial charge on any atom is 0.198 e. The van der Waals surface area contributed by atoms with Gasteiger partial charge in [0.25, 0.3) is 0 Å². The number of fused-ring (bicyclic) bond motifs is 1. The van der Waals surface area contributed by atoms with Crippen LogP contribution in [0.25, 0.3) is 11.3 Å². The first-order valence-electron chi connectivity index (χ1n) is 2.79. The molecular formula is C5H2Br2N4. The lowest BCUT2D eigenvalue weighted by atomic mass is 10.7. The van der Waals surface area contributed by atoms with Crippen molar-refractivity contribution < 1.29 is 0 Å². The number of hydrogen-bond donors (Lipinski definition) is 0. The van der Waals surface area contributed by atoms with Crippen LogP contribution in [-0.2, 0) is 0 Å². The van der Waals surface area contributed by atoms with Gasteiger partial charge in [0, 0.05) is 0 Å². The molecule has 0 unspecified atom stereocenters. The third-order valence-corrected chi connectivity index (χ3v) is 2.09. The lowest BCUT2D eigenvalue weighted by Crippen LogP contribution is -1.84. The number of imidazole rings is 1. The van der Waals surface area contributed by atoms with E-state index in [4.69, 9.17) is 0 Å². The summed E-state index contributed by atoms with van der Waals surface area (Å²) in [5, 5.41) is 0. The minimum Gasteiger partial charge on any atom is -0.247 e. The zero-order valence-corrected chi connectivity index (χ0v) is 8.37. The van der Waals surface area contributed by atoms with Crippen LogP contribution in [0.15, 0.2) is 17.1 Å². The van der Waals surface area contributed by atoms with E-state index in [0.29, 0.717) is 15.9 Å². The van der Waals surface area contributed by atoms with Crippen LogP contribution < -0.4 is 0 Å². The Bertz CT molecular complexity index is 396. The maximum absolute atomic E-state index is 4.14. The number of aromatic nitrogens is 4. The van der Waals surface area contributed by atoms with Crippen molar-refractivity contribution in [2.75, 3.05) is 0 Å². The Labute approximate surface area is 79.1 Å². The Morgan fingerprint density at radius 3 is 3.00 bits per heavy atom. The van der Waals surface area contributed by atoms with Gasteiger partial charge in [0.2, 0.25) is 0 Å². The monoisotopic (exact) mass is 276 g/mol. The van der Waals surface area contributed by atoms with Crippen LogP contribution in [0, 0.1) is 0 Å². The van der Waals surface area contributed by atoms with Crippen LogP contribution in [0.2, 0.25) is 0 Å². The Morgan fingerprint density at radius 2 is 2.18 bits per heavy atom. The fourth-order valence-corrected chi connectivity index (χ4v) is 1.35. The van der Waals surface area contributed by atoms with Crippen molar-refractivity contribution in [2.45, 2.75) is 0 Å². The fourth-order valence-electron chi connectivity index (χ4n) is 0.747. The Morgan fingerprint density at radius 1 is 1.36 bits per heavy atom. The van der Waals surface area contributed by atoms with E-state index >= 15 is 0 Å². The highest BCUT2D eigenvalue weighted by Gasteiger charge is 2.02. The SMILES string of the molecule is Brc1cnc2ncn(Br)c2n1. The summed E-state index contributed by atoms with van der Waals surface area (Å²) in [4.78, 5) is 12.2. The van der Waals surface area contributed by atoms with Crippen molar-refractivity contribution in [2.24, 2.45) is 0 Å². The molecule has 2 heterocycles. The van der Waals surface area contributed by atoms with Gasteiger partial charge >= 0.3 is 0 Å². The topological polar surface area (TPSA) is 43.6 Å². The minimum atomic E-state index is 0.630. The summed E-state index contributed by atoms with van der Waals surface area (Å²) in [5.74, 6) is 0. The van der Waals surface area contributed by atoms with E-state index < -0.39 is 0 Å². The third-order valence-electron chi connectivity index (χ3n) is 1.19. The minimum absolute atomic E-state index is 0.630. The number of nitrogens with zero attached hydrogens (tertiary/aromatic N) is 4. The smallest absolute Gasteiger partial charge is 0.198 e. The van der Waals surface area contributed by atoms with Crippen molar-refractivity contribution in [1.82, 2.24) is 18.5 Å². The molecule has 0 atom stereocenters. The second kappa shape index (κ2) is 2.53. The average Bonchev–Trinajstić information content (AvgIpc) is 2.33. The summed E-state index contributed by atoms with van der Waals surface area (Å²) in [6, 6.07) is 0. The Balaban J connectivity index is 2.87. The van der Waals surface area contributed by atoms with Gasteiger partial charge in [0.1, 0.15) is 10.9 Å². The van der Waals surface area contributed by atoms with Gasteiger partial charge in [0.15, 0.2) is 11.3 Å². The van der Waals surface area contributed by atoms with Crippen LogP contribution in [0.3, 0.4) is 0 Å². The summed E-state index contributed by atoms with van der Waals surface area (Å²) in [6.45, 7) is 0. The molecule has 11 heavy (non-hydrogen) atoms. The molecule has 6 heteroatoms. The quantitative estimate of drug-likeness (QED) is 0.737. The van der Waals surface area contributed by atoms with E-state index in [1.807, 2.05) is 0 Å². The summed E-state index contributed by atoms with van der Waals surface area (Å²) in [6.07, 6.45) is 3.22. The van der Waals surface area contributed by atoms with Gasteiger partial charge in [-0.3, -0.25) is 0 Å². The van der Waals surface area contributed by atoms with Gasteiger partial charge in [-0.15, -0.1) is 0 Å². The predicted molar refractivity (Wildman–Crippen MR) is 47.3 cm³/mol. The molecule has 56 valence electrons. The zero-order valence-electron chi connectivity index (χ0n) is 5.20. The third kappa shape index (κ3) is 1.16. The van der Waals surface area contributed by atoms with Crippen LogP contribution >= 0.6 is 32.1 Å². The molecule has 4 nitrogen and oxygen atoms in total. The second-order valence-corrected chi connectivity index (χ2v) is 3.47. The largest absolute Gasteiger partial charge is 0.247 e. The van der Waals surface area contributed by atoms with Crippen molar-refractivity contribution in [1.29, 1.82) is 0 Å². The Hall–Kier alpha value is -0.490. The van der Waals surface area contributed by atoms with Crippen LogP contribution in [0.4, 0.5) is 0 Å². The molecule has 0 saturated carbocycles. The first-order valence-corrected chi connectivity index (χ1v) is 4.29. The lowest BCUT2D eigenvalue weighted by molar-refractivity contribution is 1.20. The summed E-state index contributed by atoms with van der Waals surface area (Å²) >= 11 is 6.45. The molecule has 0 aliphatic heterocycles. The molecule has 0 amide bonds. The molecule has 0 fully saturated rings. The molecule has 2 aromatic heterocycles. The molecule has 0 N–H and O–H groups in total. The molecule has 0 aliphatic rings. The molecule has 2 rings (SSSR count). The van der Waals surface area contributed by atoms with Gasteiger partial charge < -0.3 is 0 Å². The van der Waals surface area contributed by atoms with Crippen molar-refractivity contribution >= 4 is 43.4 Å². The zero-order chi connectivity index (χ0) is 7.84. The maximum atomic E-state index is 4.14. The van der Waals surface area contributed by atoms with E-state index in [0.717, 1.165) is 0 Å². The van der Waals surface area contributed by atoms with Gasteiger partial charge in [-0.1, -0.05) is 0 Å². The van der Waals surface area contributed by atoms with Crippen LogP contribution in [0.1, 0.15) is 0 Å². The highest BCUT2D eigenvalue weighted by molar-refractivity contribution is 9.10. The van der Waals surface area contributed by atoms with Crippen LogP contribution in [0.5, 0.6) is 0 Å². The summed E-state index contributed by atoms with van der Waals surface area (Å²) < 4.78 is 2.34. The Kier molecular flexibility index (Phi) is 1.65. The van der Waals surface area contributed by atoms with E-state index in [1.54, 1.807) is 16.1 Å². The predicted octanol–water partition coefficient (Wildman–Crippen LogP) is 1.75. The van der Waals surface area contributed by atoms with Crippen molar-refractivity contribution in [3.63, 3.8) is 0 Å². The second-order valence-electron chi connectivity index (χ2n) is 1.90. The molecule has 0 spiro atoms. The molecular weight excluding hydrogens is 276 g/mol. The fraction of sp³-hybridized carbons (Fsp3) is 0. The molecule has 0 aliphatic carbocycles. The first kappa shape index (κ1) is 7.17. The molecule has 0 saturated heterocycles. The number of hydrogen-bond acceptors (Lipinski definition) is 3. The first-order chi connectivity index (χ1) is 5.27. The standard InChI is InChI=1S/C5H2Br2N4/c6-3-1-8-4-5(10-3)11(7)2-9-4/h1-2H. The van der Waals surface area contributed by atoms with E-state index in [9.17, 15) is 0 Å². The summed E-state index contributed by atoms with van der Waals surface area (Å²) in [5.41, 5.74) is 1.34. The van der Waals surface area contributed by atoms with Gasteiger partial charge in [-0.25, -0.2) is 18.5 Å². The lowest BCUT2D eigenvalue weighted by Gasteiger charge is -1.89. The molecule has 0 bridgehead atoms. The van der Waals surface area contributed by atoms with E-state index in [1.165, 1.54) is 0 Å². The van der Waals surface area contributed by atoms with Gasteiger partial charge in [-0.05, 0) is 15.9 Å². The van der Waals surface area contributed by atoms with Crippen molar-refractivity contribution in [3.8, 4) is 0 Å². The molecule has 0 radical (unpaired) electrons. The van der Waals surface area contributed by atoms with E-state index in [2.05, 4.69) is 47.0 Å². The van der Waals surface area contributed by atoms with Crippen LogP contribution in [-0.4, -0.2) is 18.5 Å². The molecule has 0 aromatic carbocycles. The van der Waals surface area contributed by atoms with Gasteiger partial charge in [-0.2, -0.15) is 0 Å². The van der Waals surface area contributed by atoms with Crippen molar-refractivity contribution in [3.05, 3.63) is 17.1 Å².